The Morgan fingerprint density at radius 3 is 1.66 bits per heavy atom. The van der Waals surface area contributed by atoms with Gasteiger partial charge < -0.3 is 16.2 Å². The van der Waals surface area contributed by atoms with Gasteiger partial charge in [0, 0.05) is 0 Å². The maximum absolute atomic E-state index is 13.2. The molecule has 0 fully saturated rings. The number of nitrogens with two attached hydrogens (primary N) is 1. The van der Waals surface area contributed by atoms with Gasteiger partial charge in [0.25, 0.3) is 0 Å². The summed E-state index contributed by atoms with van der Waals surface area (Å²) in [4.78, 5) is 25.1. The number of hydrogen-bond acceptors (Lipinski definition) is 3. The van der Waals surface area contributed by atoms with E-state index in [2.05, 4.69) is 5.32 Å². The fraction of sp³-hybridized carbons (Fsp3) is 0.259. The van der Waals surface area contributed by atoms with Gasteiger partial charge in [0.15, 0.2) is 0 Å². The zero-order valence-corrected chi connectivity index (χ0v) is 18.9. The van der Waals surface area contributed by atoms with Crippen molar-refractivity contribution in [2.24, 2.45) is 11.1 Å². The first kappa shape index (κ1) is 23.2. The van der Waals surface area contributed by atoms with Crippen LogP contribution in [-0.4, -0.2) is 16.9 Å². The molecule has 0 saturated carbocycles. The molecule has 0 unspecified atom stereocenters. The lowest BCUT2D eigenvalue weighted by atomic mass is 9.76. The predicted molar refractivity (Wildman–Crippen MR) is 126 cm³/mol. The topological polar surface area (TPSA) is 92.4 Å². The fourth-order valence-electron chi connectivity index (χ4n) is 3.61. The van der Waals surface area contributed by atoms with Crippen LogP contribution in [0.5, 0.6) is 0 Å². The lowest BCUT2D eigenvalue weighted by Gasteiger charge is -2.39. The molecule has 0 aliphatic heterocycles. The Bertz CT molecular complexity index is 1040. The lowest BCUT2D eigenvalue weighted by Crippen LogP contribution is -2.51. The monoisotopic (exact) mass is 430 g/mol. The van der Waals surface area contributed by atoms with Crippen LogP contribution in [0, 0.1) is 19.3 Å². The zero-order chi connectivity index (χ0) is 23.5. The van der Waals surface area contributed by atoms with Gasteiger partial charge in [-0.15, -0.1) is 0 Å². The number of hydrogen-bond donors (Lipinski definition) is 3. The smallest absolute Gasteiger partial charge is 0.235 e. The third-order valence-corrected chi connectivity index (χ3v) is 5.99. The molecular formula is C27H30N2O3. The molecule has 32 heavy (non-hydrogen) atoms. The summed E-state index contributed by atoms with van der Waals surface area (Å²) < 4.78 is 0. The van der Waals surface area contributed by atoms with Gasteiger partial charge in [0.1, 0.15) is 11.0 Å². The van der Waals surface area contributed by atoms with Gasteiger partial charge in [0.2, 0.25) is 11.8 Å². The molecule has 3 rings (SSSR count). The van der Waals surface area contributed by atoms with Crippen molar-refractivity contribution in [3.63, 3.8) is 0 Å². The summed E-state index contributed by atoms with van der Waals surface area (Å²) >= 11 is 0. The number of rotatable bonds is 7. The van der Waals surface area contributed by atoms with Crippen LogP contribution < -0.4 is 11.1 Å². The minimum atomic E-state index is -1.61. The van der Waals surface area contributed by atoms with Crippen LogP contribution in [0.25, 0.3) is 0 Å². The Labute approximate surface area is 189 Å². The second-order valence-electron chi connectivity index (χ2n) is 8.80. The molecule has 3 aromatic rings. The van der Waals surface area contributed by atoms with E-state index in [1.165, 1.54) is 13.8 Å². The van der Waals surface area contributed by atoms with E-state index in [9.17, 15) is 14.7 Å². The molecule has 4 N–H and O–H groups in total. The molecule has 166 valence electrons. The lowest BCUT2D eigenvalue weighted by molar-refractivity contribution is -0.141. The molecule has 3 aromatic carbocycles. The van der Waals surface area contributed by atoms with E-state index in [-0.39, 0.29) is 0 Å². The first-order chi connectivity index (χ1) is 15.1. The van der Waals surface area contributed by atoms with E-state index in [1.54, 1.807) is 0 Å². The average molecular weight is 431 g/mol. The Morgan fingerprint density at radius 2 is 1.25 bits per heavy atom. The molecule has 0 heterocycles. The number of nitrogens with one attached hydrogen (secondary N) is 1. The van der Waals surface area contributed by atoms with Crippen molar-refractivity contribution in [2.45, 2.75) is 39.3 Å². The molecule has 0 spiro atoms. The minimum Gasteiger partial charge on any atom is -0.378 e. The fourth-order valence-corrected chi connectivity index (χ4v) is 3.61. The Hall–Kier alpha value is -3.44. The summed E-state index contributed by atoms with van der Waals surface area (Å²) in [6, 6.07) is 23.5. The van der Waals surface area contributed by atoms with Gasteiger partial charge in [0.05, 0.1) is 6.04 Å². The van der Waals surface area contributed by atoms with Gasteiger partial charge in [-0.1, -0.05) is 90.0 Å². The number of primary amides is 1. The number of carbonyl (C=O) groups is 2. The second kappa shape index (κ2) is 8.97. The number of benzene rings is 3. The van der Waals surface area contributed by atoms with Crippen LogP contribution in [0.15, 0.2) is 78.9 Å². The molecule has 2 amide bonds. The zero-order valence-electron chi connectivity index (χ0n) is 18.9. The summed E-state index contributed by atoms with van der Waals surface area (Å²) in [6.45, 7) is 6.90. The van der Waals surface area contributed by atoms with Crippen molar-refractivity contribution in [1.82, 2.24) is 5.32 Å². The molecule has 0 radical (unpaired) electrons. The highest BCUT2D eigenvalue weighted by molar-refractivity contribution is 6.03. The Kier molecular flexibility index (Phi) is 6.51. The van der Waals surface area contributed by atoms with Crippen molar-refractivity contribution in [3.05, 3.63) is 107 Å². The Balaban J connectivity index is 2.24. The molecule has 0 aromatic heterocycles. The number of aryl methyl sites for hydroxylation is 2. The molecule has 0 aliphatic rings. The van der Waals surface area contributed by atoms with E-state index in [1.807, 2.05) is 92.7 Å². The number of amides is 2. The van der Waals surface area contributed by atoms with Gasteiger partial charge in [-0.3, -0.25) is 9.59 Å². The molecule has 0 aliphatic carbocycles. The quantitative estimate of drug-likeness (QED) is 0.496. The third kappa shape index (κ3) is 4.43. The minimum absolute atomic E-state index is 0.559. The summed E-state index contributed by atoms with van der Waals surface area (Å²) in [5.74, 6) is -1.30. The van der Waals surface area contributed by atoms with Crippen LogP contribution in [0.1, 0.15) is 47.7 Å². The molecular weight excluding hydrogens is 400 g/mol. The van der Waals surface area contributed by atoms with Crippen LogP contribution in [-0.2, 0) is 15.2 Å². The molecule has 0 bridgehead atoms. The first-order valence-electron chi connectivity index (χ1n) is 10.6. The molecule has 5 nitrogen and oxygen atoms in total. The van der Waals surface area contributed by atoms with Gasteiger partial charge in [-0.2, -0.15) is 0 Å². The van der Waals surface area contributed by atoms with E-state index in [0.717, 1.165) is 11.1 Å². The van der Waals surface area contributed by atoms with Crippen LogP contribution in [0.3, 0.4) is 0 Å². The van der Waals surface area contributed by atoms with Gasteiger partial charge in [-0.05, 0) is 44.4 Å². The van der Waals surface area contributed by atoms with E-state index in [4.69, 9.17) is 5.73 Å². The van der Waals surface area contributed by atoms with Crippen LogP contribution in [0.4, 0.5) is 0 Å². The maximum atomic E-state index is 13.2. The maximum Gasteiger partial charge on any atom is 0.235 e. The first-order valence-corrected chi connectivity index (χ1v) is 10.6. The highest BCUT2D eigenvalue weighted by Gasteiger charge is 2.45. The largest absolute Gasteiger partial charge is 0.378 e. The summed E-state index contributed by atoms with van der Waals surface area (Å²) in [6.07, 6.45) is 0. The van der Waals surface area contributed by atoms with Gasteiger partial charge in [-0.25, -0.2) is 0 Å². The highest BCUT2D eigenvalue weighted by Crippen LogP contribution is 2.42. The van der Waals surface area contributed by atoms with Crippen molar-refractivity contribution in [3.8, 4) is 0 Å². The number of carbonyl (C=O) groups excluding carboxylic acids is 2. The summed E-state index contributed by atoms with van der Waals surface area (Å²) in [5, 5.41) is 15.3. The Morgan fingerprint density at radius 1 is 0.812 bits per heavy atom. The van der Waals surface area contributed by atoms with Crippen LogP contribution >= 0.6 is 0 Å². The molecule has 5 heteroatoms. The van der Waals surface area contributed by atoms with E-state index >= 15 is 0 Å². The molecule has 0 saturated heterocycles. The van der Waals surface area contributed by atoms with Crippen molar-refractivity contribution in [1.29, 1.82) is 0 Å². The normalized spacial score (nSPS) is 12.8. The third-order valence-electron chi connectivity index (χ3n) is 5.99. The van der Waals surface area contributed by atoms with Crippen molar-refractivity contribution < 1.29 is 14.7 Å². The highest BCUT2D eigenvalue weighted by atomic mass is 16.3. The standard InChI is InChI=1S/C27H30N2O3/c1-18-10-14-21(15-11-18)27(32,22-16-12-19(2)13-17-22)23(20-8-6-5-7-9-20)29-25(31)26(3,4)24(28)30/h5-17,23,32H,1-4H3,(H2,28,30)(H,29,31)/t23-/m1/s1. The number of aliphatic hydroxyl groups is 1. The summed E-state index contributed by atoms with van der Waals surface area (Å²) in [7, 11) is 0. The van der Waals surface area contributed by atoms with E-state index < -0.39 is 28.9 Å². The molecule has 1 atom stereocenters. The van der Waals surface area contributed by atoms with Crippen LogP contribution in [0.2, 0.25) is 0 Å². The second-order valence-corrected chi connectivity index (χ2v) is 8.80. The predicted octanol–water partition coefficient (Wildman–Crippen LogP) is 3.91. The van der Waals surface area contributed by atoms with E-state index in [0.29, 0.717) is 16.7 Å². The SMILES string of the molecule is Cc1ccc(C(O)(c2ccc(C)cc2)[C@H](NC(=O)C(C)(C)C(N)=O)c2ccccc2)cc1. The van der Waals surface area contributed by atoms with Gasteiger partial charge >= 0.3 is 0 Å². The van der Waals surface area contributed by atoms with Crippen molar-refractivity contribution in [2.75, 3.05) is 0 Å². The summed E-state index contributed by atoms with van der Waals surface area (Å²) in [5.41, 5.74) is 6.48. The van der Waals surface area contributed by atoms with Crippen molar-refractivity contribution >= 4 is 11.8 Å². The average Bonchev–Trinajstić information content (AvgIpc) is 2.78.